The largest absolute Gasteiger partial charge is 0.497 e. The topological polar surface area (TPSA) is 93.7 Å². The van der Waals surface area contributed by atoms with Gasteiger partial charge in [-0.3, -0.25) is 9.52 Å². The lowest BCUT2D eigenvalue weighted by molar-refractivity contribution is -0.118. The van der Waals surface area contributed by atoms with Crippen molar-refractivity contribution in [1.82, 2.24) is 0 Å². The maximum Gasteiger partial charge on any atom is 0.262 e. The lowest BCUT2D eigenvalue weighted by atomic mass is 10.1. The van der Waals surface area contributed by atoms with Gasteiger partial charge in [0.2, 0.25) is 0 Å². The first-order chi connectivity index (χ1) is 16.3. The number of aryl methyl sites for hydroxylation is 2. The van der Waals surface area contributed by atoms with Gasteiger partial charge >= 0.3 is 0 Å². The molecule has 0 fully saturated rings. The van der Waals surface area contributed by atoms with Crippen LogP contribution in [0.15, 0.2) is 71.6 Å². The maximum absolute atomic E-state index is 12.7. The molecule has 0 heterocycles. The third-order valence-electron chi connectivity index (χ3n) is 5.21. The molecule has 0 aliphatic heterocycles. The third-order valence-corrected chi connectivity index (χ3v) is 6.59. The fourth-order valence-electron chi connectivity index (χ4n) is 3.30. The molecule has 0 aliphatic carbocycles. The molecule has 2 N–H and O–H groups in total. The van der Waals surface area contributed by atoms with E-state index in [-0.39, 0.29) is 17.4 Å². The highest BCUT2D eigenvalue weighted by molar-refractivity contribution is 7.92. The second kappa shape index (κ2) is 11.6. The fraction of sp³-hybridized carbons (Fsp3) is 0.269. The number of amides is 1. The van der Waals surface area contributed by atoms with Gasteiger partial charge in [-0.05, 0) is 85.5 Å². The molecule has 180 valence electrons. The van der Waals surface area contributed by atoms with Crippen LogP contribution in [0.5, 0.6) is 11.5 Å². The molecule has 8 heteroatoms. The van der Waals surface area contributed by atoms with Gasteiger partial charge in [-0.1, -0.05) is 25.5 Å². The van der Waals surface area contributed by atoms with Crippen LogP contribution in [0.3, 0.4) is 0 Å². The lowest BCUT2D eigenvalue weighted by Crippen LogP contribution is -2.20. The van der Waals surface area contributed by atoms with E-state index in [9.17, 15) is 13.2 Å². The van der Waals surface area contributed by atoms with Gasteiger partial charge in [0, 0.05) is 11.4 Å². The summed E-state index contributed by atoms with van der Waals surface area (Å²) in [5.74, 6) is 0.778. The summed E-state index contributed by atoms with van der Waals surface area (Å²) < 4.78 is 38.7. The van der Waals surface area contributed by atoms with Crippen LogP contribution in [-0.4, -0.2) is 28.0 Å². The molecule has 0 saturated heterocycles. The summed E-state index contributed by atoms with van der Waals surface area (Å²) in [5.41, 5.74) is 2.97. The van der Waals surface area contributed by atoms with Crippen molar-refractivity contribution >= 4 is 27.3 Å². The average molecular weight is 483 g/mol. The molecule has 7 nitrogen and oxygen atoms in total. The Morgan fingerprint density at radius 3 is 2.24 bits per heavy atom. The number of anilines is 2. The van der Waals surface area contributed by atoms with E-state index in [1.54, 1.807) is 44.4 Å². The molecule has 3 rings (SSSR count). The number of carbonyl (C=O) groups is 1. The number of methoxy groups -OCH3 is 1. The predicted molar refractivity (Wildman–Crippen MR) is 134 cm³/mol. The van der Waals surface area contributed by atoms with E-state index >= 15 is 0 Å². The second-order valence-electron chi connectivity index (χ2n) is 7.90. The Balaban J connectivity index is 1.57. The normalized spacial score (nSPS) is 11.0. The summed E-state index contributed by atoms with van der Waals surface area (Å²) in [5, 5.41) is 2.81. The van der Waals surface area contributed by atoms with Crippen LogP contribution < -0.4 is 19.5 Å². The Labute approximate surface area is 201 Å². The van der Waals surface area contributed by atoms with E-state index in [4.69, 9.17) is 9.47 Å². The summed E-state index contributed by atoms with van der Waals surface area (Å²) in [4.78, 5) is 12.4. The molecule has 0 unspecified atom stereocenters. The first kappa shape index (κ1) is 25.1. The van der Waals surface area contributed by atoms with Crippen molar-refractivity contribution in [2.45, 2.75) is 38.0 Å². The van der Waals surface area contributed by atoms with Crippen molar-refractivity contribution in [3.05, 3.63) is 77.9 Å². The standard InChI is InChI=1S/C26H30N2O5S/c1-4-5-6-20-7-9-21(10-8-20)27-26(29)18-33-25-16-15-24(17-19(25)2)34(30,31)28-22-11-13-23(32-3)14-12-22/h7-17,28H,4-6,18H2,1-3H3,(H,27,29). The van der Waals surface area contributed by atoms with Crippen molar-refractivity contribution in [3.8, 4) is 11.5 Å². The van der Waals surface area contributed by atoms with Gasteiger partial charge in [0.05, 0.1) is 12.0 Å². The minimum atomic E-state index is -3.78. The number of carbonyl (C=O) groups excluding carboxylic acids is 1. The Bertz CT molecular complexity index is 1210. The highest BCUT2D eigenvalue weighted by Gasteiger charge is 2.16. The first-order valence-corrected chi connectivity index (χ1v) is 12.6. The Morgan fingerprint density at radius 1 is 0.941 bits per heavy atom. The number of hydrogen-bond donors (Lipinski definition) is 2. The minimum Gasteiger partial charge on any atom is -0.497 e. The van der Waals surface area contributed by atoms with Gasteiger partial charge in [0.25, 0.3) is 15.9 Å². The zero-order valence-electron chi connectivity index (χ0n) is 19.6. The summed E-state index contributed by atoms with van der Waals surface area (Å²) in [6, 6.07) is 18.9. The van der Waals surface area contributed by atoms with E-state index in [0.29, 0.717) is 28.4 Å². The quantitative estimate of drug-likeness (QED) is 0.394. The number of hydrogen-bond acceptors (Lipinski definition) is 5. The SMILES string of the molecule is CCCCc1ccc(NC(=O)COc2ccc(S(=O)(=O)Nc3ccc(OC)cc3)cc2C)cc1. The smallest absolute Gasteiger partial charge is 0.262 e. The Morgan fingerprint density at radius 2 is 1.62 bits per heavy atom. The highest BCUT2D eigenvalue weighted by atomic mass is 32.2. The van der Waals surface area contributed by atoms with Crippen molar-refractivity contribution in [2.24, 2.45) is 0 Å². The van der Waals surface area contributed by atoms with E-state index in [1.165, 1.54) is 17.7 Å². The molecule has 0 atom stereocenters. The van der Waals surface area contributed by atoms with Crippen LogP contribution in [0.25, 0.3) is 0 Å². The van der Waals surface area contributed by atoms with E-state index < -0.39 is 10.0 Å². The van der Waals surface area contributed by atoms with Crippen molar-refractivity contribution in [2.75, 3.05) is 23.8 Å². The van der Waals surface area contributed by atoms with E-state index in [2.05, 4.69) is 17.0 Å². The highest BCUT2D eigenvalue weighted by Crippen LogP contribution is 2.24. The zero-order chi connectivity index (χ0) is 24.6. The van der Waals surface area contributed by atoms with Gasteiger partial charge < -0.3 is 14.8 Å². The molecular weight excluding hydrogens is 452 g/mol. The minimum absolute atomic E-state index is 0.0979. The molecule has 3 aromatic carbocycles. The fourth-order valence-corrected chi connectivity index (χ4v) is 4.44. The maximum atomic E-state index is 12.7. The Hall–Kier alpha value is -3.52. The predicted octanol–water partition coefficient (Wildman–Crippen LogP) is 5.16. The monoisotopic (exact) mass is 482 g/mol. The van der Waals surface area contributed by atoms with Crippen LogP contribution in [-0.2, 0) is 21.2 Å². The number of unbranched alkanes of at least 4 members (excludes halogenated alkanes) is 1. The molecule has 3 aromatic rings. The van der Waals surface area contributed by atoms with Crippen LogP contribution in [0.4, 0.5) is 11.4 Å². The average Bonchev–Trinajstić information content (AvgIpc) is 2.83. The number of nitrogens with one attached hydrogen (secondary N) is 2. The Kier molecular flexibility index (Phi) is 8.54. The first-order valence-electron chi connectivity index (χ1n) is 11.1. The molecule has 0 aliphatic rings. The van der Waals surface area contributed by atoms with Crippen molar-refractivity contribution < 1.29 is 22.7 Å². The summed E-state index contributed by atoms with van der Waals surface area (Å²) in [6.07, 6.45) is 3.30. The van der Waals surface area contributed by atoms with Gasteiger partial charge in [0.1, 0.15) is 11.5 Å². The molecule has 0 spiro atoms. The van der Waals surface area contributed by atoms with Crippen LogP contribution in [0, 0.1) is 6.92 Å². The summed E-state index contributed by atoms with van der Waals surface area (Å²) in [7, 11) is -2.24. The summed E-state index contributed by atoms with van der Waals surface area (Å²) >= 11 is 0. The van der Waals surface area contributed by atoms with Crippen molar-refractivity contribution in [1.29, 1.82) is 0 Å². The van der Waals surface area contributed by atoms with E-state index in [1.807, 2.05) is 24.3 Å². The second-order valence-corrected chi connectivity index (χ2v) is 9.58. The molecule has 0 radical (unpaired) electrons. The number of benzene rings is 3. The molecule has 0 aromatic heterocycles. The molecule has 34 heavy (non-hydrogen) atoms. The van der Waals surface area contributed by atoms with Crippen LogP contribution in [0.2, 0.25) is 0 Å². The molecule has 0 bridgehead atoms. The van der Waals surface area contributed by atoms with Crippen LogP contribution in [0.1, 0.15) is 30.9 Å². The van der Waals surface area contributed by atoms with Gasteiger partial charge in [-0.2, -0.15) is 0 Å². The molecular formula is C26H30N2O5S. The third kappa shape index (κ3) is 6.99. The van der Waals surface area contributed by atoms with Gasteiger partial charge in [-0.25, -0.2) is 8.42 Å². The zero-order valence-corrected chi connectivity index (χ0v) is 20.4. The summed E-state index contributed by atoms with van der Waals surface area (Å²) in [6.45, 7) is 3.70. The van der Waals surface area contributed by atoms with Crippen LogP contribution >= 0.6 is 0 Å². The molecule has 1 amide bonds. The number of sulfonamides is 1. The van der Waals surface area contributed by atoms with Crippen molar-refractivity contribution in [3.63, 3.8) is 0 Å². The van der Waals surface area contributed by atoms with Gasteiger partial charge in [-0.15, -0.1) is 0 Å². The lowest BCUT2D eigenvalue weighted by Gasteiger charge is -2.13. The number of ether oxygens (including phenoxy) is 2. The molecule has 0 saturated carbocycles. The van der Waals surface area contributed by atoms with Gasteiger partial charge in [0.15, 0.2) is 6.61 Å². The van der Waals surface area contributed by atoms with E-state index in [0.717, 1.165) is 19.3 Å². The number of rotatable bonds is 11.